The lowest BCUT2D eigenvalue weighted by Crippen LogP contribution is -2.38. The van der Waals surface area contributed by atoms with E-state index in [0.717, 1.165) is 31.2 Å². The summed E-state index contributed by atoms with van der Waals surface area (Å²) in [5.41, 5.74) is 4.24. The van der Waals surface area contributed by atoms with Crippen molar-refractivity contribution in [3.8, 4) is 0 Å². The molecule has 4 atom stereocenters. The van der Waals surface area contributed by atoms with Gasteiger partial charge in [-0.3, -0.25) is 5.32 Å². The summed E-state index contributed by atoms with van der Waals surface area (Å²) in [6.07, 6.45) is -0.0431. The Morgan fingerprint density at radius 3 is 2.72 bits per heavy atom. The highest BCUT2D eigenvalue weighted by atomic mass is 32.2. The number of amides is 1. The lowest BCUT2D eigenvalue weighted by Gasteiger charge is -2.41. The molecule has 2 heterocycles. The Kier molecular flexibility index (Phi) is 8.95. The summed E-state index contributed by atoms with van der Waals surface area (Å²) in [5.74, 6) is 0.760. The van der Waals surface area contributed by atoms with Crippen molar-refractivity contribution in [2.24, 2.45) is 5.92 Å². The Bertz CT molecular complexity index is 1390. The number of benzene rings is 3. The van der Waals surface area contributed by atoms with Crippen LogP contribution in [0.2, 0.25) is 0 Å². The van der Waals surface area contributed by atoms with E-state index in [1.807, 2.05) is 60.7 Å². The van der Waals surface area contributed by atoms with E-state index >= 15 is 0 Å². The number of aliphatic hydroxyl groups is 1. The number of nitrogens with one attached hydrogen (secondary N) is 1. The number of thiazole rings is 1. The minimum Gasteiger partial charge on any atom is -0.445 e. The maximum Gasteiger partial charge on any atom is 0.411 e. The van der Waals surface area contributed by atoms with Crippen LogP contribution in [0.4, 0.5) is 10.5 Å². The number of hydrogen-bond donors (Lipinski definition) is 2. The van der Waals surface area contributed by atoms with Gasteiger partial charge in [-0.25, -0.2) is 9.78 Å². The third-order valence-electron chi connectivity index (χ3n) is 6.51. The number of fused-ring (bicyclic) bond motifs is 1. The molecule has 2 N–H and O–H groups in total. The van der Waals surface area contributed by atoms with Crippen molar-refractivity contribution in [1.82, 2.24) is 4.98 Å². The zero-order valence-corrected chi connectivity index (χ0v) is 23.1. The van der Waals surface area contributed by atoms with Crippen LogP contribution >= 0.6 is 23.1 Å². The molecular formula is C30H30N2O5S2. The number of thioether (sulfide) groups is 1. The van der Waals surface area contributed by atoms with Gasteiger partial charge in [-0.15, -0.1) is 11.3 Å². The molecule has 4 aromatic rings. The van der Waals surface area contributed by atoms with Crippen LogP contribution in [0.1, 0.15) is 36.0 Å². The van der Waals surface area contributed by atoms with Crippen molar-refractivity contribution in [3.05, 3.63) is 102 Å². The van der Waals surface area contributed by atoms with Crippen LogP contribution in [0.15, 0.2) is 89.8 Å². The number of ether oxygens (including phenoxy) is 3. The van der Waals surface area contributed by atoms with Crippen molar-refractivity contribution in [2.75, 3.05) is 17.7 Å². The van der Waals surface area contributed by atoms with E-state index < -0.39 is 12.4 Å². The number of para-hydroxylation sites is 1. The monoisotopic (exact) mass is 562 g/mol. The second kappa shape index (κ2) is 12.8. The van der Waals surface area contributed by atoms with Gasteiger partial charge in [0.2, 0.25) is 0 Å². The van der Waals surface area contributed by atoms with Gasteiger partial charge in [0, 0.05) is 22.9 Å². The van der Waals surface area contributed by atoms with Gasteiger partial charge in [0.25, 0.3) is 0 Å². The summed E-state index contributed by atoms with van der Waals surface area (Å²) < 4.78 is 20.3. The van der Waals surface area contributed by atoms with Gasteiger partial charge in [-0.1, -0.05) is 79.9 Å². The van der Waals surface area contributed by atoms with Crippen molar-refractivity contribution in [3.63, 3.8) is 0 Å². The second-order valence-corrected chi connectivity index (χ2v) is 11.5. The van der Waals surface area contributed by atoms with Crippen LogP contribution in [0.5, 0.6) is 0 Å². The van der Waals surface area contributed by atoms with Crippen LogP contribution < -0.4 is 5.32 Å². The first-order valence-electron chi connectivity index (χ1n) is 12.7. The number of nitrogens with zero attached hydrogens (tertiary/aromatic N) is 1. The van der Waals surface area contributed by atoms with Crippen molar-refractivity contribution in [2.45, 2.75) is 36.4 Å². The molecule has 3 aromatic carbocycles. The zero-order valence-electron chi connectivity index (χ0n) is 21.5. The number of carbonyl (C=O) groups is 1. The molecule has 7 nitrogen and oxygen atoms in total. The van der Waals surface area contributed by atoms with Gasteiger partial charge in [0.05, 0.1) is 29.0 Å². The standard InChI is InChI=1S/C30H30N2O5S2/c1-3-15-35-29(34)31-23-8-6-7-22(16-23)28-36-25(18-38-30-32-24-9-4-5-10-26(24)39-30)19(2)27(37-28)21-13-11-20(17-33)12-14-21/h3-14,16,19,25,27-28,33H,1,15,17-18H2,2H3,(H,31,34)/t19-,25+,27+,28+/m0/s1. The molecule has 0 unspecified atom stereocenters. The van der Waals surface area contributed by atoms with Crippen molar-refractivity contribution in [1.29, 1.82) is 0 Å². The smallest absolute Gasteiger partial charge is 0.411 e. The highest BCUT2D eigenvalue weighted by Gasteiger charge is 2.38. The molecule has 0 aliphatic carbocycles. The van der Waals surface area contributed by atoms with Crippen LogP contribution in [0, 0.1) is 5.92 Å². The highest BCUT2D eigenvalue weighted by Crippen LogP contribution is 2.43. The van der Waals surface area contributed by atoms with E-state index in [-0.39, 0.29) is 31.3 Å². The van der Waals surface area contributed by atoms with Crippen LogP contribution in [0.25, 0.3) is 10.2 Å². The molecule has 1 fully saturated rings. The fraction of sp³-hybridized carbons (Fsp3) is 0.267. The van der Waals surface area contributed by atoms with Crippen molar-refractivity contribution < 1.29 is 24.1 Å². The first-order valence-corrected chi connectivity index (χ1v) is 14.5. The van der Waals surface area contributed by atoms with E-state index in [4.69, 9.17) is 19.2 Å². The Balaban J connectivity index is 1.37. The Morgan fingerprint density at radius 2 is 1.95 bits per heavy atom. The Morgan fingerprint density at radius 1 is 1.13 bits per heavy atom. The summed E-state index contributed by atoms with van der Waals surface area (Å²) in [7, 11) is 0. The van der Waals surface area contributed by atoms with Crippen LogP contribution in [0.3, 0.4) is 0 Å². The van der Waals surface area contributed by atoms with Gasteiger partial charge in [0.15, 0.2) is 10.6 Å². The predicted octanol–water partition coefficient (Wildman–Crippen LogP) is 7.11. The van der Waals surface area contributed by atoms with Gasteiger partial charge in [-0.2, -0.15) is 0 Å². The van der Waals surface area contributed by atoms with Gasteiger partial charge < -0.3 is 19.3 Å². The predicted molar refractivity (Wildman–Crippen MR) is 155 cm³/mol. The number of aromatic nitrogens is 1. The van der Waals surface area contributed by atoms with E-state index in [1.165, 1.54) is 6.08 Å². The Labute approximate surface area is 235 Å². The SMILES string of the molecule is C=CCOC(=O)Nc1cccc([C@@H]2O[C@H](CSc3nc4ccccc4s3)[C@H](C)[C@H](c3ccc(CO)cc3)O2)c1. The minimum absolute atomic E-state index is 0.0104. The molecule has 1 aliphatic rings. The molecule has 0 bridgehead atoms. The van der Waals surface area contributed by atoms with Crippen molar-refractivity contribution >= 4 is 45.1 Å². The maximum atomic E-state index is 12.1. The molecule has 0 saturated carbocycles. The van der Waals surface area contributed by atoms with E-state index in [0.29, 0.717) is 11.4 Å². The van der Waals surface area contributed by atoms with E-state index in [2.05, 4.69) is 24.9 Å². The number of hydrogen-bond acceptors (Lipinski definition) is 8. The average Bonchev–Trinajstić information content (AvgIpc) is 3.39. The second-order valence-electron chi connectivity index (χ2n) is 9.22. The molecule has 0 spiro atoms. The molecule has 202 valence electrons. The highest BCUT2D eigenvalue weighted by molar-refractivity contribution is 8.01. The molecule has 1 amide bonds. The van der Waals surface area contributed by atoms with E-state index in [9.17, 15) is 9.90 Å². The summed E-state index contributed by atoms with van der Waals surface area (Å²) in [4.78, 5) is 16.8. The van der Waals surface area contributed by atoms with Crippen LogP contribution in [-0.4, -0.2) is 34.6 Å². The molecule has 39 heavy (non-hydrogen) atoms. The first kappa shape index (κ1) is 27.4. The quantitative estimate of drug-likeness (QED) is 0.166. The number of anilines is 1. The molecule has 1 aromatic heterocycles. The maximum absolute atomic E-state index is 12.1. The lowest BCUT2D eigenvalue weighted by atomic mass is 9.91. The summed E-state index contributed by atoms with van der Waals surface area (Å²) >= 11 is 3.37. The molecular weight excluding hydrogens is 532 g/mol. The number of rotatable bonds is 9. The number of carbonyl (C=O) groups excluding carboxylic acids is 1. The van der Waals surface area contributed by atoms with E-state index in [1.54, 1.807) is 29.2 Å². The molecule has 1 aliphatic heterocycles. The minimum atomic E-state index is -0.643. The Hall–Kier alpha value is -3.21. The molecule has 1 saturated heterocycles. The normalized spacial score (nSPS) is 21.0. The van der Waals surface area contributed by atoms with Gasteiger partial charge in [0.1, 0.15) is 6.61 Å². The first-order chi connectivity index (χ1) is 19.0. The lowest BCUT2D eigenvalue weighted by molar-refractivity contribution is -0.268. The molecule has 9 heteroatoms. The third kappa shape index (κ3) is 6.69. The fourth-order valence-corrected chi connectivity index (χ4v) is 6.69. The largest absolute Gasteiger partial charge is 0.445 e. The van der Waals surface area contributed by atoms with Gasteiger partial charge in [-0.05, 0) is 35.4 Å². The molecule has 5 rings (SSSR count). The topological polar surface area (TPSA) is 89.9 Å². The van der Waals surface area contributed by atoms with Gasteiger partial charge >= 0.3 is 6.09 Å². The molecule has 0 radical (unpaired) electrons. The van der Waals surface area contributed by atoms with Crippen LogP contribution in [-0.2, 0) is 20.8 Å². The fourth-order valence-electron chi connectivity index (χ4n) is 4.43. The summed E-state index contributed by atoms with van der Waals surface area (Å²) in [6, 6.07) is 23.4. The summed E-state index contributed by atoms with van der Waals surface area (Å²) in [5, 5.41) is 12.2. The zero-order chi connectivity index (χ0) is 27.2. The number of aliphatic hydroxyl groups excluding tert-OH is 1. The third-order valence-corrected chi connectivity index (χ3v) is 8.77. The summed E-state index contributed by atoms with van der Waals surface area (Å²) in [6.45, 7) is 5.81. The average molecular weight is 563 g/mol.